The monoisotopic (exact) mass is 468 g/mol. The molecule has 0 atom stereocenters. The van der Waals surface area contributed by atoms with Gasteiger partial charge in [0.1, 0.15) is 5.15 Å². The van der Waals surface area contributed by atoms with Crippen LogP contribution in [-0.2, 0) is 16.0 Å². The molecule has 2 heterocycles. The van der Waals surface area contributed by atoms with Gasteiger partial charge in [-0.05, 0) is 55.2 Å². The van der Waals surface area contributed by atoms with E-state index in [4.69, 9.17) is 23.2 Å². The Kier molecular flexibility index (Phi) is 6.72. The molecule has 1 aromatic carbocycles. The van der Waals surface area contributed by atoms with E-state index in [0.717, 1.165) is 18.4 Å². The Morgan fingerprint density at radius 3 is 2.56 bits per heavy atom. The first-order chi connectivity index (χ1) is 15.4. The molecule has 0 saturated heterocycles. The summed E-state index contributed by atoms with van der Waals surface area (Å²) in [5.74, 6) is 0.341. The Hall–Kier alpha value is -2.96. The highest BCUT2D eigenvalue weighted by atomic mass is 35.5. The number of rotatable bonds is 7. The summed E-state index contributed by atoms with van der Waals surface area (Å²) in [4.78, 5) is 34.6. The quantitative estimate of drug-likeness (QED) is 0.471. The fraction of sp³-hybridized carbons (Fsp3) is 0.250. The smallest absolute Gasteiger partial charge is 0.230 e. The molecule has 2 aromatic heterocycles. The Bertz CT molecular complexity index is 1150. The molecule has 0 bridgehead atoms. The number of amides is 2. The summed E-state index contributed by atoms with van der Waals surface area (Å²) >= 11 is 12.4. The van der Waals surface area contributed by atoms with E-state index in [9.17, 15) is 9.59 Å². The summed E-state index contributed by atoms with van der Waals surface area (Å²) in [5.41, 5.74) is 3.43. The molecule has 0 spiro atoms. The standard InChI is InChI=1S/C24H22Cl2N4O2/c1-15(31)30(14-16-5-6-16)22-10-7-17(11-20(22)25)21-9-8-19(13-27-21)29-24(32)12-18-3-2-4-23(26)28-18/h2-4,7-11,13,16H,5-6,12,14H2,1H3,(H,29,32). The number of carbonyl (C=O) groups excluding carboxylic acids is 2. The SMILES string of the molecule is CC(=O)N(CC1CC1)c1ccc(-c2ccc(NC(=O)Cc3cccc(Cl)n3)cn2)cc1Cl. The first kappa shape index (κ1) is 22.2. The van der Waals surface area contributed by atoms with E-state index in [2.05, 4.69) is 15.3 Å². The van der Waals surface area contributed by atoms with E-state index < -0.39 is 0 Å². The van der Waals surface area contributed by atoms with Crippen LogP contribution in [0.25, 0.3) is 11.3 Å². The summed E-state index contributed by atoms with van der Waals surface area (Å²) in [6, 6.07) is 14.3. The van der Waals surface area contributed by atoms with E-state index in [-0.39, 0.29) is 18.2 Å². The number of pyridine rings is 2. The highest BCUT2D eigenvalue weighted by Gasteiger charge is 2.27. The molecule has 8 heteroatoms. The number of nitrogens with zero attached hydrogens (tertiary/aromatic N) is 3. The van der Waals surface area contributed by atoms with Crippen molar-refractivity contribution in [1.82, 2.24) is 9.97 Å². The third-order valence-electron chi connectivity index (χ3n) is 5.21. The highest BCUT2D eigenvalue weighted by Crippen LogP contribution is 2.35. The van der Waals surface area contributed by atoms with Crippen molar-refractivity contribution >= 4 is 46.4 Å². The molecule has 1 aliphatic carbocycles. The van der Waals surface area contributed by atoms with Gasteiger partial charge in [-0.2, -0.15) is 0 Å². The lowest BCUT2D eigenvalue weighted by molar-refractivity contribution is -0.117. The summed E-state index contributed by atoms with van der Waals surface area (Å²) < 4.78 is 0. The van der Waals surface area contributed by atoms with Crippen LogP contribution in [0.4, 0.5) is 11.4 Å². The second-order valence-electron chi connectivity index (χ2n) is 7.85. The fourth-order valence-electron chi connectivity index (χ4n) is 3.40. The topological polar surface area (TPSA) is 75.2 Å². The van der Waals surface area contributed by atoms with E-state index >= 15 is 0 Å². The van der Waals surface area contributed by atoms with Gasteiger partial charge in [-0.15, -0.1) is 0 Å². The zero-order valence-corrected chi connectivity index (χ0v) is 19.0. The van der Waals surface area contributed by atoms with E-state index in [1.54, 1.807) is 42.3 Å². The minimum absolute atomic E-state index is 0.0160. The number of anilines is 2. The van der Waals surface area contributed by atoms with Gasteiger partial charge in [0.05, 0.1) is 40.4 Å². The van der Waals surface area contributed by atoms with Crippen LogP contribution in [0, 0.1) is 5.92 Å². The third kappa shape index (κ3) is 5.64. The van der Waals surface area contributed by atoms with Crippen molar-refractivity contribution in [2.75, 3.05) is 16.8 Å². The van der Waals surface area contributed by atoms with E-state index in [1.807, 2.05) is 24.3 Å². The van der Waals surface area contributed by atoms with Crippen molar-refractivity contribution in [2.24, 2.45) is 5.92 Å². The molecular weight excluding hydrogens is 447 g/mol. The van der Waals surface area contributed by atoms with Crippen LogP contribution in [-0.4, -0.2) is 28.3 Å². The predicted molar refractivity (Wildman–Crippen MR) is 127 cm³/mol. The van der Waals surface area contributed by atoms with Gasteiger partial charge in [0.2, 0.25) is 11.8 Å². The van der Waals surface area contributed by atoms with Crippen LogP contribution >= 0.6 is 23.2 Å². The fourth-order valence-corrected chi connectivity index (χ4v) is 3.86. The van der Waals surface area contributed by atoms with Gasteiger partial charge in [0.15, 0.2) is 0 Å². The maximum absolute atomic E-state index is 12.3. The second kappa shape index (κ2) is 9.67. The Balaban J connectivity index is 1.43. The van der Waals surface area contributed by atoms with Gasteiger partial charge in [0.25, 0.3) is 0 Å². The molecule has 6 nitrogen and oxygen atoms in total. The molecule has 1 aliphatic rings. The summed E-state index contributed by atoms with van der Waals surface area (Å²) in [6.45, 7) is 2.26. The molecule has 0 unspecified atom stereocenters. The molecule has 0 radical (unpaired) electrons. The number of halogens is 2. The van der Waals surface area contributed by atoms with Crippen molar-refractivity contribution in [3.8, 4) is 11.3 Å². The van der Waals surface area contributed by atoms with Crippen LogP contribution in [0.15, 0.2) is 54.7 Å². The van der Waals surface area contributed by atoms with Crippen molar-refractivity contribution in [1.29, 1.82) is 0 Å². The Morgan fingerprint density at radius 1 is 1.12 bits per heavy atom. The lowest BCUT2D eigenvalue weighted by atomic mass is 10.1. The van der Waals surface area contributed by atoms with Crippen LogP contribution < -0.4 is 10.2 Å². The molecule has 32 heavy (non-hydrogen) atoms. The maximum Gasteiger partial charge on any atom is 0.230 e. The zero-order valence-electron chi connectivity index (χ0n) is 17.5. The van der Waals surface area contributed by atoms with Crippen molar-refractivity contribution in [2.45, 2.75) is 26.2 Å². The normalized spacial score (nSPS) is 13.0. The van der Waals surface area contributed by atoms with Gasteiger partial charge >= 0.3 is 0 Å². The number of nitrogens with one attached hydrogen (secondary N) is 1. The molecule has 164 valence electrons. The average Bonchev–Trinajstić information content (AvgIpc) is 3.57. The summed E-state index contributed by atoms with van der Waals surface area (Å²) in [7, 11) is 0. The van der Waals surface area contributed by atoms with Gasteiger partial charge in [0, 0.05) is 19.0 Å². The molecule has 1 fully saturated rings. The Labute approximate surface area is 196 Å². The summed E-state index contributed by atoms with van der Waals surface area (Å²) in [5, 5.41) is 3.66. The number of hydrogen-bond acceptors (Lipinski definition) is 4. The number of hydrogen-bond donors (Lipinski definition) is 1. The number of carbonyl (C=O) groups is 2. The van der Waals surface area contributed by atoms with Crippen molar-refractivity contribution in [3.05, 3.63) is 70.6 Å². The minimum atomic E-state index is -0.207. The van der Waals surface area contributed by atoms with Crippen LogP contribution in [0.3, 0.4) is 0 Å². The molecule has 1 saturated carbocycles. The molecular formula is C24H22Cl2N4O2. The van der Waals surface area contributed by atoms with E-state index in [1.165, 1.54) is 0 Å². The lowest BCUT2D eigenvalue weighted by Gasteiger charge is -2.22. The largest absolute Gasteiger partial charge is 0.324 e. The minimum Gasteiger partial charge on any atom is -0.324 e. The number of benzene rings is 1. The second-order valence-corrected chi connectivity index (χ2v) is 8.64. The van der Waals surface area contributed by atoms with Crippen molar-refractivity contribution in [3.63, 3.8) is 0 Å². The highest BCUT2D eigenvalue weighted by molar-refractivity contribution is 6.34. The third-order valence-corrected chi connectivity index (χ3v) is 5.73. The summed E-state index contributed by atoms with van der Waals surface area (Å²) in [6.07, 6.45) is 4.02. The average molecular weight is 469 g/mol. The van der Waals surface area contributed by atoms with Crippen molar-refractivity contribution < 1.29 is 9.59 Å². The molecule has 2 amide bonds. The van der Waals surface area contributed by atoms with Gasteiger partial charge in [-0.1, -0.05) is 35.3 Å². The van der Waals surface area contributed by atoms with Gasteiger partial charge in [-0.3, -0.25) is 14.6 Å². The van der Waals surface area contributed by atoms with Gasteiger partial charge in [-0.25, -0.2) is 4.98 Å². The molecule has 3 aromatic rings. The molecule has 0 aliphatic heterocycles. The Morgan fingerprint density at radius 2 is 1.94 bits per heavy atom. The molecule has 4 rings (SSSR count). The van der Waals surface area contributed by atoms with Crippen LogP contribution in [0.1, 0.15) is 25.5 Å². The first-order valence-electron chi connectivity index (χ1n) is 10.3. The molecule has 1 N–H and O–H groups in total. The lowest BCUT2D eigenvalue weighted by Crippen LogP contribution is -2.30. The van der Waals surface area contributed by atoms with Gasteiger partial charge < -0.3 is 10.2 Å². The van der Waals surface area contributed by atoms with Crippen LogP contribution in [0.5, 0.6) is 0 Å². The zero-order chi connectivity index (χ0) is 22.7. The number of aromatic nitrogens is 2. The first-order valence-corrected chi connectivity index (χ1v) is 11.1. The maximum atomic E-state index is 12.3. The van der Waals surface area contributed by atoms with E-state index in [0.29, 0.717) is 45.4 Å². The predicted octanol–water partition coefficient (Wildman–Crippen LogP) is 5.39. The van der Waals surface area contributed by atoms with Crippen LogP contribution in [0.2, 0.25) is 10.2 Å².